The zero-order valence-electron chi connectivity index (χ0n) is 12.0. The lowest BCUT2D eigenvalue weighted by Crippen LogP contribution is -2.26. The summed E-state index contributed by atoms with van der Waals surface area (Å²) in [4.78, 5) is 16.3. The summed E-state index contributed by atoms with van der Waals surface area (Å²) in [5.41, 5.74) is -0.0553. The van der Waals surface area contributed by atoms with E-state index in [1.165, 1.54) is 0 Å². The van der Waals surface area contributed by atoms with E-state index >= 15 is 0 Å². The minimum atomic E-state index is -0.0553. The summed E-state index contributed by atoms with van der Waals surface area (Å²) in [5.74, 6) is 0.858. The van der Waals surface area contributed by atoms with Crippen LogP contribution in [0.5, 0.6) is 0 Å². The first-order valence-electron chi connectivity index (χ1n) is 6.93. The molecule has 6 heteroatoms. The van der Waals surface area contributed by atoms with E-state index < -0.39 is 0 Å². The molecule has 0 unspecified atom stereocenters. The minimum absolute atomic E-state index is 0.0553. The van der Waals surface area contributed by atoms with Crippen molar-refractivity contribution >= 4 is 5.82 Å². The van der Waals surface area contributed by atoms with Crippen LogP contribution < -0.4 is 10.9 Å². The van der Waals surface area contributed by atoms with Gasteiger partial charge in [-0.2, -0.15) is 5.10 Å². The predicted molar refractivity (Wildman–Crippen MR) is 78.7 cm³/mol. The van der Waals surface area contributed by atoms with Crippen molar-refractivity contribution in [1.82, 2.24) is 19.3 Å². The number of rotatable bonds is 7. The summed E-state index contributed by atoms with van der Waals surface area (Å²) in [6.45, 7) is 6.41. The molecule has 2 heterocycles. The van der Waals surface area contributed by atoms with Crippen LogP contribution in [0.4, 0.5) is 5.82 Å². The van der Waals surface area contributed by atoms with E-state index in [0.717, 1.165) is 13.0 Å². The Morgan fingerprint density at radius 3 is 2.85 bits per heavy atom. The molecule has 0 fully saturated rings. The molecule has 20 heavy (non-hydrogen) atoms. The van der Waals surface area contributed by atoms with Gasteiger partial charge in [-0.25, -0.2) is 4.98 Å². The molecule has 0 bridgehead atoms. The molecule has 108 valence electrons. The number of aromatic nitrogens is 4. The lowest BCUT2D eigenvalue weighted by molar-refractivity contribution is 0.509. The van der Waals surface area contributed by atoms with E-state index in [1.807, 2.05) is 16.9 Å². The first-order valence-corrected chi connectivity index (χ1v) is 6.93. The van der Waals surface area contributed by atoms with E-state index in [4.69, 9.17) is 0 Å². The molecule has 0 atom stereocenters. The Kier molecular flexibility index (Phi) is 4.92. The molecule has 6 nitrogen and oxygen atoms in total. The number of nitrogens with zero attached hydrogens (tertiary/aromatic N) is 4. The Labute approximate surface area is 118 Å². The van der Waals surface area contributed by atoms with Gasteiger partial charge in [0.2, 0.25) is 0 Å². The zero-order chi connectivity index (χ0) is 14.4. The smallest absolute Gasteiger partial charge is 0.293 e. The number of nitrogens with one attached hydrogen (secondary N) is 1. The largest absolute Gasteiger partial charge is 0.365 e. The number of hydrogen-bond acceptors (Lipinski definition) is 4. The normalized spacial score (nSPS) is 10.9. The van der Waals surface area contributed by atoms with Crippen molar-refractivity contribution in [3.05, 3.63) is 41.2 Å². The zero-order valence-corrected chi connectivity index (χ0v) is 12.0. The van der Waals surface area contributed by atoms with Gasteiger partial charge in [-0.3, -0.25) is 9.48 Å². The molecule has 0 amide bonds. The Hall–Kier alpha value is -2.11. The molecule has 2 rings (SSSR count). The third kappa shape index (κ3) is 3.94. The van der Waals surface area contributed by atoms with Gasteiger partial charge in [0, 0.05) is 44.4 Å². The van der Waals surface area contributed by atoms with Crippen LogP contribution in [0.2, 0.25) is 0 Å². The van der Waals surface area contributed by atoms with E-state index in [9.17, 15) is 4.79 Å². The minimum Gasteiger partial charge on any atom is -0.365 e. The number of aryl methyl sites for hydroxylation is 1. The van der Waals surface area contributed by atoms with Gasteiger partial charge in [0.15, 0.2) is 5.82 Å². The van der Waals surface area contributed by atoms with Crippen molar-refractivity contribution in [2.24, 2.45) is 5.92 Å². The van der Waals surface area contributed by atoms with E-state index in [-0.39, 0.29) is 5.56 Å². The topological polar surface area (TPSA) is 64.7 Å². The van der Waals surface area contributed by atoms with E-state index in [0.29, 0.717) is 24.8 Å². The molecule has 0 aliphatic heterocycles. The van der Waals surface area contributed by atoms with Crippen molar-refractivity contribution in [1.29, 1.82) is 0 Å². The maximum absolute atomic E-state index is 12.1. The van der Waals surface area contributed by atoms with Gasteiger partial charge in [0.1, 0.15) is 0 Å². The number of anilines is 1. The third-order valence-electron chi connectivity index (χ3n) is 2.89. The fourth-order valence-electron chi connectivity index (χ4n) is 1.99. The quantitative estimate of drug-likeness (QED) is 0.779. The second-order valence-electron chi connectivity index (χ2n) is 5.18. The van der Waals surface area contributed by atoms with Crippen molar-refractivity contribution in [3.63, 3.8) is 0 Å². The standard InChI is InChI=1S/C14H21N5O/c1-12(2)11-18-10-7-16-13(14(18)20)15-5-3-8-19-9-4-6-17-19/h4,6-7,9-10,12H,3,5,8,11H2,1-2H3,(H,15,16). The third-order valence-corrected chi connectivity index (χ3v) is 2.89. The van der Waals surface area contributed by atoms with Gasteiger partial charge in [-0.05, 0) is 18.4 Å². The van der Waals surface area contributed by atoms with Gasteiger partial charge < -0.3 is 9.88 Å². The average molecular weight is 275 g/mol. The van der Waals surface area contributed by atoms with Crippen LogP contribution in [0.3, 0.4) is 0 Å². The fraction of sp³-hybridized carbons (Fsp3) is 0.500. The van der Waals surface area contributed by atoms with Crippen molar-refractivity contribution in [2.45, 2.75) is 33.4 Å². The Morgan fingerprint density at radius 2 is 2.15 bits per heavy atom. The van der Waals surface area contributed by atoms with Gasteiger partial charge in [-0.15, -0.1) is 0 Å². The summed E-state index contributed by atoms with van der Waals surface area (Å²) >= 11 is 0. The molecule has 0 aliphatic carbocycles. The lowest BCUT2D eigenvalue weighted by atomic mass is 10.2. The van der Waals surface area contributed by atoms with Crippen LogP contribution in [0.25, 0.3) is 0 Å². The van der Waals surface area contributed by atoms with Gasteiger partial charge in [0.25, 0.3) is 5.56 Å². The maximum atomic E-state index is 12.1. The average Bonchev–Trinajstić information content (AvgIpc) is 2.91. The molecule has 0 saturated heterocycles. The fourth-order valence-corrected chi connectivity index (χ4v) is 1.99. The van der Waals surface area contributed by atoms with Crippen LogP contribution in [0.15, 0.2) is 35.6 Å². The maximum Gasteiger partial charge on any atom is 0.293 e. The second-order valence-corrected chi connectivity index (χ2v) is 5.18. The van der Waals surface area contributed by atoms with Crippen LogP contribution in [-0.4, -0.2) is 25.9 Å². The van der Waals surface area contributed by atoms with Gasteiger partial charge in [0.05, 0.1) is 0 Å². The molecular formula is C14H21N5O. The molecule has 2 aromatic rings. The molecule has 0 aliphatic rings. The first kappa shape index (κ1) is 14.3. The summed E-state index contributed by atoms with van der Waals surface area (Å²) in [6.07, 6.45) is 7.98. The van der Waals surface area contributed by atoms with Crippen molar-refractivity contribution in [3.8, 4) is 0 Å². The van der Waals surface area contributed by atoms with Crippen LogP contribution in [-0.2, 0) is 13.1 Å². The molecule has 0 spiro atoms. The van der Waals surface area contributed by atoms with Crippen LogP contribution in [0, 0.1) is 5.92 Å². The highest BCUT2D eigenvalue weighted by molar-refractivity contribution is 5.30. The summed E-state index contributed by atoms with van der Waals surface area (Å²) in [5, 5.41) is 7.24. The van der Waals surface area contributed by atoms with Crippen LogP contribution in [0.1, 0.15) is 20.3 Å². The highest BCUT2D eigenvalue weighted by Crippen LogP contribution is 1.99. The molecule has 0 aromatic carbocycles. The Morgan fingerprint density at radius 1 is 1.30 bits per heavy atom. The van der Waals surface area contributed by atoms with Gasteiger partial charge >= 0.3 is 0 Å². The number of hydrogen-bond donors (Lipinski definition) is 1. The monoisotopic (exact) mass is 275 g/mol. The van der Waals surface area contributed by atoms with Crippen molar-refractivity contribution < 1.29 is 0 Å². The van der Waals surface area contributed by atoms with E-state index in [2.05, 4.69) is 29.2 Å². The predicted octanol–water partition coefficient (Wildman–Crippen LogP) is 1.60. The van der Waals surface area contributed by atoms with E-state index in [1.54, 1.807) is 23.2 Å². The lowest BCUT2D eigenvalue weighted by Gasteiger charge is -2.10. The second kappa shape index (κ2) is 6.88. The first-order chi connectivity index (χ1) is 9.66. The summed E-state index contributed by atoms with van der Waals surface area (Å²) in [6, 6.07) is 1.90. The molecule has 2 aromatic heterocycles. The summed E-state index contributed by atoms with van der Waals surface area (Å²) < 4.78 is 3.57. The molecular weight excluding hydrogens is 254 g/mol. The molecule has 0 saturated carbocycles. The highest BCUT2D eigenvalue weighted by Gasteiger charge is 2.05. The Bertz CT molecular complexity index is 574. The Balaban J connectivity index is 1.88. The molecule has 1 N–H and O–H groups in total. The highest BCUT2D eigenvalue weighted by atomic mass is 16.1. The van der Waals surface area contributed by atoms with Gasteiger partial charge in [-0.1, -0.05) is 13.8 Å². The SMILES string of the molecule is CC(C)Cn1ccnc(NCCCn2cccn2)c1=O. The van der Waals surface area contributed by atoms with Crippen molar-refractivity contribution in [2.75, 3.05) is 11.9 Å². The molecule has 0 radical (unpaired) electrons. The van der Waals surface area contributed by atoms with Crippen LogP contribution >= 0.6 is 0 Å². The summed E-state index contributed by atoms with van der Waals surface area (Å²) in [7, 11) is 0.